The number of benzene rings is 1. The Morgan fingerprint density at radius 3 is 2.64 bits per heavy atom. The first-order chi connectivity index (χ1) is 12.1. The Balaban J connectivity index is 2.29. The molecule has 0 bridgehead atoms. The Hall–Kier alpha value is -2.78. The largest absolute Gasteiger partial charge is 0.493 e. The Labute approximate surface area is 149 Å². The summed E-state index contributed by atoms with van der Waals surface area (Å²) in [6, 6.07) is 7.33. The van der Waals surface area contributed by atoms with Crippen molar-refractivity contribution in [2.24, 2.45) is 0 Å². The fraction of sp³-hybridized carbons (Fsp3) is 0.263. The summed E-state index contributed by atoms with van der Waals surface area (Å²) in [4.78, 5) is 19.5. The number of thiophene rings is 1. The predicted octanol–water partition coefficient (Wildman–Crippen LogP) is 3.34. The van der Waals surface area contributed by atoms with Crippen LogP contribution < -0.4 is 15.0 Å². The number of aryl methyl sites for hydroxylation is 1. The maximum atomic E-state index is 12.9. The van der Waals surface area contributed by atoms with Crippen molar-refractivity contribution in [1.29, 1.82) is 0 Å². The van der Waals surface area contributed by atoms with Gasteiger partial charge in [0.2, 0.25) is 0 Å². The van der Waals surface area contributed by atoms with E-state index in [2.05, 4.69) is 12.8 Å². The van der Waals surface area contributed by atoms with Crippen molar-refractivity contribution in [2.45, 2.75) is 19.9 Å². The van der Waals surface area contributed by atoms with Crippen LogP contribution in [0.3, 0.4) is 0 Å². The lowest BCUT2D eigenvalue weighted by Gasteiger charge is -2.12. The highest BCUT2D eigenvalue weighted by molar-refractivity contribution is 7.18. The Morgan fingerprint density at radius 2 is 2.00 bits per heavy atom. The number of hydrogen-bond acceptors (Lipinski definition) is 5. The van der Waals surface area contributed by atoms with Gasteiger partial charge in [0, 0.05) is 10.4 Å². The number of terminal acetylenes is 1. The van der Waals surface area contributed by atoms with Gasteiger partial charge in [-0.05, 0) is 30.7 Å². The minimum atomic E-state index is -0.122. The molecule has 128 valence electrons. The van der Waals surface area contributed by atoms with E-state index in [1.54, 1.807) is 26.4 Å². The van der Waals surface area contributed by atoms with E-state index in [1.807, 2.05) is 12.1 Å². The molecular weight excluding hydrogens is 336 g/mol. The van der Waals surface area contributed by atoms with Crippen molar-refractivity contribution in [3.63, 3.8) is 0 Å². The summed E-state index contributed by atoms with van der Waals surface area (Å²) in [5.41, 5.74) is 0.627. The van der Waals surface area contributed by atoms with Crippen molar-refractivity contribution in [1.82, 2.24) is 9.55 Å². The molecule has 0 saturated carbocycles. The molecule has 25 heavy (non-hydrogen) atoms. The molecule has 2 heterocycles. The van der Waals surface area contributed by atoms with E-state index in [0.29, 0.717) is 22.7 Å². The van der Waals surface area contributed by atoms with Gasteiger partial charge < -0.3 is 9.47 Å². The number of methoxy groups -OCH3 is 2. The van der Waals surface area contributed by atoms with Gasteiger partial charge in [-0.25, -0.2) is 4.98 Å². The smallest absolute Gasteiger partial charge is 0.263 e. The van der Waals surface area contributed by atoms with Gasteiger partial charge in [-0.1, -0.05) is 12.8 Å². The summed E-state index contributed by atoms with van der Waals surface area (Å²) in [5, 5.41) is 0.612. The zero-order valence-electron chi connectivity index (χ0n) is 14.3. The lowest BCUT2D eigenvalue weighted by Crippen LogP contribution is -2.22. The molecule has 0 amide bonds. The highest BCUT2D eigenvalue weighted by Gasteiger charge is 2.16. The van der Waals surface area contributed by atoms with Gasteiger partial charge in [0.05, 0.1) is 26.2 Å². The van der Waals surface area contributed by atoms with Crippen LogP contribution in [0, 0.1) is 12.3 Å². The van der Waals surface area contributed by atoms with Crippen LogP contribution in [0.1, 0.15) is 11.8 Å². The molecule has 0 saturated heterocycles. The first-order valence-electron chi connectivity index (χ1n) is 7.82. The van der Waals surface area contributed by atoms with Crippen LogP contribution in [0.25, 0.3) is 21.6 Å². The molecule has 0 spiro atoms. The first-order valence-corrected chi connectivity index (χ1v) is 8.63. The standard InChI is InChI=1S/C19H18N2O3S/c1-5-9-21-17(12-7-8-15(23-3)16(10-12)24-4)20-18-14(19(21)22)11-13(6-2)25-18/h1,7-8,10-11H,6,9H2,2-4H3. The van der Waals surface area contributed by atoms with Crippen LogP contribution in [0.2, 0.25) is 0 Å². The third-order valence-corrected chi connectivity index (χ3v) is 5.12. The molecule has 5 nitrogen and oxygen atoms in total. The molecule has 1 aromatic carbocycles. The maximum absolute atomic E-state index is 12.9. The van der Waals surface area contributed by atoms with Crippen molar-refractivity contribution in [3.05, 3.63) is 39.5 Å². The van der Waals surface area contributed by atoms with Crippen molar-refractivity contribution in [2.75, 3.05) is 14.2 Å². The second kappa shape index (κ2) is 6.99. The van der Waals surface area contributed by atoms with Crippen molar-refractivity contribution >= 4 is 21.6 Å². The predicted molar refractivity (Wildman–Crippen MR) is 101 cm³/mol. The monoisotopic (exact) mass is 354 g/mol. The third-order valence-electron chi connectivity index (χ3n) is 3.94. The minimum Gasteiger partial charge on any atom is -0.493 e. The summed E-state index contributed by atoms with van der Waals surface area (Å²) in [5.74, 6) is 4.26. The number of ether oxygens (including phenoxy) is 2. The second-order valence-electron chi connectivity index (χ2n) is 5.39. The van der Waals surface area contributed by atoms with Gasteiger partial charge in [-0.3, -0.25) is 9.36 Å². The molecule has 0 atom stereocenters. The molecule has 3 rings (SSSR count). The highest BCUT2D eigenvalue weighted by atomic mass is 32.1. The van der Waals surface area contributed by atoms with Crippen molar-refractivity contribution in [3.8, 4) is 35.2 Å². The molecule has 2 aromatic heterocycles. The van der Waals surface area contributed by atoms with Crippen LogP contribution in [0.15, 0.2) is 29.1 Å². The summed E-state index contributed by atoms with van der Waals surface area (Å²) >= 11 is 1.53. The van der Waals surface area contributed by atoms with E-state index in [4.69, 9.17) is 20.9 Å². The Bertz CT molecular complexity index is 1030. The summed E-state index contributed by atoms with van der Waals surface area (Å²) < 4.78 is 12.2. The third kappa shape index (κ3) is 2.99. The minimum absolute atomic E-state index is 0.122. The quantitative estimate of drug-likeness (QED) is 0.660. The van der Waals surface area contributed by atoms with Crippen LogP contribution in [-0.2, 0) is 13.0 Å². The molecule has 0 aliphatic heterocycles. The lowest BCUT2D eigenvalue weighted by molar-refractivity contribution is 0.355. The highest BCUT2D eigenvalue weighted by Crippen LogP contribution is 2.32. The van der Waals surface area contributed by atoms with Gasteiger partial charge in [0.1, 0.15) is 10.7 Å². The molecule has 0 aliphatic rings. The zero-order valence-corrected chi connectivity index (χ0v) is 15.1. The maximum Gasteiger partial charge on any atom is 0.263 e. The molecule has 0 radical (unpaired) electrons. The number of aromatic nitrogens is 2. The normalized spacial score (nSPS) is 10.6. The average Bonchev–Trinajstić information content (AvgIpc) is 3.07. The van der Waals surface area contributed by atoms with Gasteiger partial charge in [-0.2, -0.15) is 0 Å². The Kier molecular flexibility index (Phi) is 4.77. The summed E-state index contributed by atoms with van der Waals surface area (Å²) in [7, 11) is 3.15. The molecular formula is C19H18N2O3S. The summed E-state index contributed by atoms with van der Waals surface area (Å²) in [6.45, 7) is 2.21. The number of hydrogen-bond donors (Lipinski definition) is 0. The van der Waals surface area contributed by atoms with E-state index < -0.39 is 0 Å². The van der Waals surface area contributed by atoms with Gasteiger partial charge in [0.15, 0.2) is 11.5 Å². The molecule has 3 aromatic rings. The van der Waals surface area contributed by atoms with Gasteiger partial charge in [0.25, 0.3) is 5.56 Å². The zero-order chi connectivity index (χ0) is 18.0. The molecule has 6 heteroatoms. The fourth-order valence-corrected chi connectivity index (χ4v) is 3.63. The second-order valence-corrected chi connectivity index (χ2v) is 6.50. The molecule has 0 N–H and O–H groups in total. The van der Waals surface area contributed by atoms with Crippen LogP contribution in [0.5, 0.6) is 11.5 Å². The molecule has 0 fully saturated rings. The van der Waals surface area contributed by atoms with Crippen LogP contribution in [0.4, 0.5) is 0 Å². The molecule has 0 aliphatic carbocycles. The first kappa shape index (κ1) is 17.1. The van der Waals surface area contributed by atoms with E-state index >= 15 is 0 Å². The SMILES string of the molecule is C#CCn1c(-c2ccc(OC)c(OC)c2)nc2sc(CC)cc2c1=O. The topological polar surface area (TPSA) is 53.4 Å². The van der Waals surface area contributed by atoms with Gasteiger partial charge in [-0.15, -0.1) is 17.8 Å². The lowest BCUT2D eigenvalue weighted by atomic mass is 10.1. The average molecular weight is 354 g/mol. The fourth-order valence-electron chi connectivity index (χ4n) is 2.67. The van der Waals surface area contributed by atoms with Gasteiger partial charge >= 0.3 is 0 Å². The van der Waals surface area contributed by atoms with Crippen LogP contribution >= 0.6 is 11.3 Å². The van der Waals surface area contributed by atoms with Crippen LogP contribution in [-0.4, -0.2) is 23.8 Å². The van der Waals surface area contributed by atoms with E-state index in [1.165, 1.54) is 15.9 Å². The van der Waals surface area contributed by atoms with E-state index in [-0.39, 0.29) is 12.1 Å². The number of fused-ring (bicyclic) bond motifs is 1. The van der Waals surface area contributed by atoms with Crippen molar-refractivity contribution < 1.29 is 9.47 Å². The summed E-state index contributed by atoms with van der Waals surface area (Å²) in [6.07, 6.45) is 6.34. The van der Waals surface area contributed by atoms with E-state index in [9.17, 15) is 4.79 Å². The number of rotatable bonds is 5. The molecule has 0 unspecified atom stereocenters. The van der Waals surface area contributed by atoms with E-state index in [0.717, 1.165) is 21.7 Å². The number of nitrogens with zero attached hydrogens (tertiary/aromatic N) is 2. The Morgan fingerprint density at radius 1 is 1.24 bits per heavy atom.